The summed E-state index contributed by atoms with van der Waals surface area (Å²) >= 11 is 3.23. The van der Waals surface area contributed by atoms with Crippen molar-refractivity contribution in [3.63, 3.8) is 0 Å². The molecule has 3 nitrogen and oxygen atoms in total. The van der Waals surface area contributed by atoms with E-state index in [-0.39, 0.29) is 11.0 Å². The highest BCUT2D eigenvalue weighted by atomic mass is 32.2. The maximum Gasteiger partial charge on any atom is 0.175 e. The van der Waals surface area contributed by atoms with Gasteiger partial charge in [-0.15, -0.1) is 0 Å². The molecule has 0 unspecified atom stereocenters. The quantitative estimate of drug-likeness (QED) is 0.679. The molecule has 0 saturated carbocycles. The molecule has 124 valence electrons. The third-order valence-electron chi connectivity index (χ3n) is 3.65. The van der Waals surface area contributed by atoms with Gasteiger partial charge < -0.3 is 4.74 Å². The topological polar surface area (TPSA) is 38.7 Å². The second-order valence-electron chi connectivity index (χ2n) is 5.38. The molecule has 1 aliphatic rings. The molecule has 0 spiro atoms. The Labute approximate surface area is 150 Å². The fourth-order valence-corrected chi connectivity index (χ4v) is 4.66. The van der Waals surface area contributed by atoms with Crippen molar-refractivity contribution < 1.29 is 9.53 Å². The van der Waals surface area contributed by atoms with E-state index in [1.165, 1.54) is 17.3 Å². The number of benzene rings is 2. The molecule has 0 N–H and O–H groups in total. The van der Waals surface area contributed by atoms with Crippen LogP contribution < -0.4 is 4.74 Å². The molecule has 2 aromatic rings. The molecule has 2 aromatic carbocycles. The molecule has 0 bridgehead atoms. The first-order chi connectivity index (χ1) is 11.7. The zero-order chi connectivity index (χ0) is 16.9. The molecule has 0 radical (unpaired) electrons. The lowest BCUT2D eigenvalue weighted by atomic mass is 10.1. The molecule has 1 aliphatic heterocycles. The van der Waals surface area contributed by atoms with Gasteiger partial charge >= 0.3 is 0 Å². The molecular weight excluding hydrogens is 338 g/mol. The normalized spacial score (nSPS) is 14.5. The van der Waals surface area contributed by atoms with Crippen LogP contribution in [0.4, 0.5) is 5.69 Å². The van der Waals surface area contributed by atoms with Crippen molar-refractivity contribution in [3.8, 4) is 5.75 Å². The van der Waals surface area contributed by atoms with E-state index in [0.29, 0.717) is 12.2 Å². The second kappa shape index (κ2) is 7.90. The first-order valence-electron chi connectivity index (χ1n) is 7.90. The molecule has 0 amide bonds. The largest absolute Gasteiger partial charge is 0.494 e. The molecule has 1 heterocycles. The number of Topliss-reactive ketones (excluding diaryl/α,β-unsaturated/α-hetero) is 1. The van der Waals surface area contributed by atoms with Crippen LogP contribution in [0.2, 0.25) is 0 Å². The van der Waals surface area contributed by atoms with Crippen LogP contribution in [0.15, 0.2) is 53.5 Å². The Morgan fingerprint density at radius 3 is 2.75 bits per heavy atom. The highest BCUT2D eigenvalue weighted by Gasteiger charge is 2.21. The first-order valence-corrected chi connectivity index (χ1v) is 9.77. The van der Waals surface area contributed by atoms with Gasteiger partial charge in [-0.2, -0.15) is 0 Å². The third kappa shape index (κ3) is 4.02. The van der Waals surface area contributed by atoms with Crippen molar-refractivity contribution in [1.29, 1.82) is 0 Å². The minimum absolute atomic E-state index is 0.116. The summed E-state index contributed by atoms with van der Waals surface area (Å²) in [6.45, 7) is 4.50. The van der Waals surface area contributed by atoms with Gasteiger partial charge in [0.15, 0.2) is 5.78 Å². The Balaban J connectivity index is 1.67. The predicted molar refractivity (Wildman–Crippen MR) is 104 cm³/mol. The minimum atomic E-state index is -0.167. The van der Waals surface area contributed by atoms with Crippen LogP contribution in [-0.2, 0) is 5.75 Å². The summed E-state index contributed by atoms with van der Waals surface area (Å²) in [6.07, 6.45) is 0. The fraction of sp³-hybridized carbons (Fsp3) is 0.263. The molecule has 1 atom stereocenters. The molecular formula is C19H19NO2S2. The molecule has 24 heavy (non-hydrogen) atoms. The zero-order valence-corrected chi connectivity index (χ0v) is 15.3. The van der Waals surface area contributed by atoms with Crippen LogP contribution >= 0.6 is 23.5 Å². The number of aliphatic imine (C=N–C) groups is 1. The van der Waals surface area contributed by atoms with Crippen LogP contribution in [0.5, 0.6) is 5.75 Å². The monoisotopic (exact) mass is 357 g/mol. The van der Waals surface area contributed by atoms with Crippen LogP contribution in [0.25, 0.3) is 0 Å². The number of nitrogens with zero attached hydrogens (tertiary/aromatic N) is 1. The first kappa shape index (κ1) is 17.1. The van der Waals surface area contributed by atoms with Crippen molar-refractivity contribution in [2.75, 3.05) is 6.61 Å². The molecule has 0 fully saturated rings. The Bertz CT molecular complexity index is 756. The highest BCUT2D eigenvalue weighted by molar-refractivity contribution is 8.39. The van der Waals surface area contributed by atoms with E-state index in [0.717, 1.165) is 21.6 Å². The number of carbonyl (C=O) groups is 1. The second-order valence-corrected chi connectivity index (χ2v) is 7.93. The van der Waals surface area contributed by atoms with Gasteiger partial charge in [-0.1, -0.05) is 41.7 Å². The summed E-state index contributed by atoms with van der Waals surface area (Å²) in [5, 5.41) is -0.167. The number of rotatable bonds is 5. The van der Waals surface area contributed by atoms with E-state index in [1.807, 2.05) is 56.3 Å². The number of para-hydroxylation sites is 1. The van der Waals surface area contributed by atoms with E-state index < -0.39 is 0 Å². The van der Waals surface area contributed by atoms with E-state index in [9.17, 15) is 4.79 Å². The summed E-state index contributed by atoms with van der Waals surface area (Å²) in [6, 6.07) is 15.5. The predicted octanol–water partition coefficient (Wildman–Crippen LogP) is 5.32. The smallest absolute Gasteiger partial charge is 0.175 e. The van der Waals surface area contributed by atoms with Crippen molar-refractivity contribution in [1.82, 2.24) is 0 Å². The van der Waals surface area contributed by atoms with Crippen molar-refractivity contribution >= 4 is 39.4 Å². The van der Waals surface area contributed by atoms with Gasteiger partial charge in [-0.05, 0) is 49.7 Å². The van der Waals surface area contributed by atoms with E-state index in [4.69, 9.17) is 4.74 Å². The van der Waals surface area contributed by atoms with Crippen molar-refractivity contribution in [3.05, 3.63) is 59.7 Å². The zero-order valence-electron chi connectivity index (χ0n) is 13.7. The van der Waals surface area contributed by atoms with Gasteiger partial charge in [0.25, 0.3) is 0 Å². The van der Waals surface area contributed by atoms with Gasteiger partial charge in [0.1, 0.15) is 10.1 Å². The van der Waals surface area contributed by atoms with Crippen molar-refractivity contribution in [2.45, 2.75) is 24.9 Å². The fourth-order valence-electron chi connectivity index (χ4n) is 2.39. The molecule has 3 rings (SSSR count). The average molecular weight is 358 g/mol. The number of hydrogen-bond acceptors (Lipinski definition) is 5. The van der Waals surface area contributed by atoms with Gasteiger partial charge in [0.05, 0.1) is 17.5 Å². The molecule has 0 aromatic heterocycles. The maximum atomic E-state index is 12.6. The van der Waals surface area contributed by atoms with E-state index >= 15 is 0 Å². The number of fused-ring (bicyclic) bond motifs is 1. The van der Waals surface area contributed by atoms with Gasteiger partial charge in [-0.25, -0.2) is 4.99 Å². The maximum absolute atomic E-state index is 12.6. The van der Waals surface area contributed by atoms with Crippen LogP contribution in [-0.4, -0.2) is 22.0 Å². The number of thioether (sulfide) groups is 2. The SMILES string of the molecule is CCOc1ccc(C(=O)[C@@H](C)SC2=Nc3ccccc3CS2)cc1. The summed E-state index contributed by atoms with van der Waals surface area (Å²) < 4.78 is 6.38. The van der Waals surface area contributed by atoms with Gasteiger partial charge in [0.2, 0.25) is 0 Å². The van der Waals surface area contributed by atoms with Gasteiger partial charge in [-0.3, -0.25) is 4.79 Å². The Morgan fingerprint density at radius 1 is 1.25 bits per heavy atom. The molecule has 5 heteroatoms. The highest BCUT2D eigenvalue weighted by Crippen LogP contribution is 2.36. The lowest BCUT2D eigenvalue weighted by Gasteiger charge is -2.17. The van der Waals surface area contributed by atoms with E-state index in [1.54, 1.807) is 11.8 Å². The lowest BCUT2D eigenvalue weighted by molar-refractivity contribution is 0.0994. The minimum Gasteiger partial charge on any atom is -0.494 e. The number of carbonyl (C=O) groups excluding carboxylic acids is 1. The number of ether oxygens (including phenoxy) is 1. The Morgan fingerprint density at radius 2 is 2.00 bits per heavy atom. The summed E-state index contributed by atoms with van der Waals surface area (Å²) in [5.41, 5.74) is 2.97. The third-order valence-corrected chi connectivity index (χ3v) is 5.95. The standard InChI is InChI=1S/C19H19NO2S2/c1-3-22-16-10-8-14(9-11-16)18(21)13(2)24-19-20-17-7-5-4-6-15(17)12-23-19/h4-11,13H,3,12H2,1-2H3/t13-/m1/s1. The molecule has 0 aliphatic carbocycles. The Hall–Kier alpha value is -1.72. The summed E-state index contributed by atoms with van der Waals surface area (Å²) in [4.78, 5) is 17.3. The van der Waals surface area contributed by atoms with Gasteiger partial charge in [0, 0.05) is 11.3 Å². The number of hydrogen-bond donors (Lipinski definition) is 0. The summed E-state index contributed by atoms with van der Waals surface area (Å²) in [7, 11) is 0. The van der Waals surface area contributed by atoms with Crippen LogP contribution in [0.3, 0.4) is 0 Å². The lowest BCUT2D eigenvalue weighted by Crippen LogP contribution is -2.15. The summed E-state index contributed by atoms with van der Waals surface area (Å²) in [5.74, 6) is 1.81. The Kier molecular flexibility index (Phi) is 5.63. The van der Waals surface area contributed by atoms with Crippen LogP contribution in [0, 0.1) is 0 Å². The van der Waals surface area contributed by atoms with Crippen molar-refractivity contribution in [2.24, 2.45) is 4.99 Å². The molecule has 0 saturated heterocycles. The average Bonchev–Trinajstić information content (AvgIpc) is 2.62. The number of ketones is 1. The van der Waals surface area contributed by atoms with Crippen LogP contribution in [0.1, 0.15) is 29.8 Å². The van der Waals surface area contributed by atoms with E-state index in [2.05, 4.69) is 11.1 Å².